The largest absolute Gasteiger partial charge is 0.497 e. The van der Waals surface area contributed by atoms with Crippen molar-refractivity contribution in [2.24, 2.45) is 0 Å². The Morgan fingerprint density at radius 2 is 2.21 bits per heavy atom. The number of methoxy groups -OCH3 is 1. The molecule has 0 aliphatic carbocycles. The normalized spacial score (nSPS) is 29.8. The molecule has 2 aliphatic heterocycles. The molecule has 2 fully saturated rings. The van der Waals surface area contributed by atoms with Crippen LogP contribution >= 0.6 is 0 Å². The molecule has 2 unspecified atom stereocenters. The summed E-state index contributed by atoms with van der Waals surface area (Å²) in [5, 5.41) is 3.18. The van der Waals surface area contributed by atoms with Gasteiger partial charge in [0.1, 0.15) is 11.4 Å². The predicted octanol–water partition coefficient (Wildman–Crippen LogP) is 2.30. The Morgan fingerprint density at radius 1 is 1.42 bits per heavy atom. The van der Waals surface area contributed by atoms with Crippen LogP contribution in [-0.4, -0.2) is 26.3 Å². The molecule has 3 rings (SSSR count). The second kappa shape index (κ2) is 4.11. The van der Waals surface area contributed by atoms with Crippen molar-refractivity contribution in [3.63, 3.8) is 0 Å². The van der Waals surface area contributed by atoms with Gasteiger partial charge in [-0.05, 0) is 24.6 Å². The lowest BCUT2D eigenvalue weighted by atomic mass is 9.88. The van der Waals surface area contributed by atoms with Gasteiger partial charge < -0.3 is 14.8 Å². The molecule has 0 aromatic heterocycles. The molecular weight excluding hydrogens is 259 g/mol. The first-order valence-corrected chi connectivity index (χ1v) is 6.08. The van der Waals surface area contributed by atoms with E-state index in [4.69, 9.17) is 9.47 Å². The van der Waals surface area contributed by atoms with Crippen LogP contribution in [-0.2, 0) is 16.5 Å². The monoisotopic (exact) mass is 273 g/mol. The number of hydrogen-bond acceptors (Lipinski definition) is 3. The summed E-state index contributed by atoms with van der Waals surface area (Å²) in [4.78, 5) is 0. The minimum Gasteiger partial charge on any atom is -0.497 e. The van der Waals surface area contributed by atoms with E-state index in [-0.39, 0.29) is 11.6 Å². The van der Waals surface area contributed by atoms with Gasteiger partial charge >= 0.3 is 6.18 Å². The highest BCUT2D eigenvalue weighted by atomic mass is 19.4. The first-order valence-electron chi connectivity index (χ1n) is 6.08. The van der Waals surface area contributed by atoms with Crippen LogP contribution in [0.1, 0.15) is 17.5 Å². The van der Waals surface area contributed by atoms with Crippen molar-refractivity contribution in [2.75, 3.05) is 20.3 Å². The van der Waals surface area contributed by atoms with Gasteiger partial charge in [0.15, 0.2) is 0 Å². The second-order valence-electron chi connectivity index (χ2n) is 5.00. The van der Waals surface area contributed by atoms with Crippen LogP contribution in [0.2, 0.25) is 0 Å². The first kappa shape index (κ1) is 12.7. The Morgan fingerprint density at radius 3 is 2.68 bits per heavy atom. The summed E-state index contributed by atoms with van der Waals surface area (Å²) >= 11 is 0. The van der Waals surface area contributed by atoms with E-state index in [2.05, 4.69) is 5.32 Å². The maximum atomic E-state index is 13.1. The molecule has 0 saturated carbocycles. The topological polar surface area (TPSA) is 30.5 Å². The zero-order chi connectivity index (χ0) is 13.7. The molecule has 2 bridgehead atoms. The molecule has 0 spiro atoms. The minimum absolute atomic E-state index is 0.146. The molecule has 1 aromatic carbocycles. The molecule has 19 heavy (non-hydrogen) atoms. The van der Waals surface area contributed by atoms with Gasteiger partial charge in [-0.15, -0.1) is 0 Å². The van der Waals surface area contributed by atoms with Crippen LogP contribution < -0.4 is 10.1 Å². The van der Waals surface area contributed by atoms with E-state index >= 15 is 0 Å². The number of morpholine rings is 1. The van der Waals surface area contributed by atoms with Gasteiger partial charge in [-0.2, -0.15) is 13.2 Å². The summed E-state index contributed by atoms with van der Waals surface area (Å²) in [6, 6.07) is 3.99. The van der Waals surface area contributed by atoms with Gasteiger partial charge in [0.05, 0.1) is 19.3 Å². The van der Waals surface area contributed by atoms with Crippen molar-refractivity contribution in [2.45, 2.75) is 24.2 Å². The number of rotatable bonds is 2. The van der Waals surface area contributed by atoms with E-state index in [1.165, 1.54) is 19.2 Å². The lowest BCUT2D eigenvalue weighted by Gasteiger charge is -2.30. The first-order chi connectivity index (χ1) is 8.94. The lowest BCUT2D eigenvalue weighted by molar-refractivity contribution is -0.141. The lowest BCUT2D eigenvalue weighted by Crippen LogP contribution is -2.38. The highest BCUT2D eigenvalue weighted by Gasteiger charge is 2.51. The fraction of sp³-hybridized carbons (Fsp3) is 0.538. The van der Waals surface area contributed by atoms with Crippen molar-refractivity contribution in [1.29, 1.82) is 0 Å². The molecule has 0 amide bonds. The zero-order valence-electron chi connectivity index (χ0n) is 10.4. The van der Waals surface area contributed by atoms with E-state index in [1.807, 2.05) is 0 Å². The van der Waals surface area contributed by atoms with E-state index in [1.54, 1.807) is 0 Å². The van der Waals surface area contributed by atoms with Crippen LogP contribution in [0.5, 0.6) is 5.75 Å². The smallest absolute Gasteiger partial charge is 0.416 e. The number of fused-ring (bicyclic) bond motifs is 2. The molecule has 3 nitrogen and oxygen atoms in total. The third-order valence-electron chi connectivity index (χ3n) is 3.84. The van der Waals surface area contributed by atoms with E-state index in [0.717, 1.165) is 6.07 Å². The van der Waals surface area contributed by atoms with Crippen molar-refractivity contribution in [1.82, 2.24) is 5.32 Å². The summed E-state index contributed by atoms with van der Waals surface area (Å²) in [5.41, 5.74) is -1.34. The minimum atomic E-state index is -4.39. The van der Waals surface area contributed by atoms with Crippen LogP contribution in [0.25, 0.3) is 0 Å². The molecule has 2 aliphatic rings. The number of alkyl halides is 3. The quantitative estimate of drug-likeness (QED) is 0.897. The van der Waals surface area contributed by atoms with Crippen molar-refractivity contribution in [3.8, 4) is 5.75 Å². The third-order valence-corrected chi connectivity index (χ3v) is 3.84. The van der Waals surface area contributed by atoms with Crippen LogP contribution in [0.4, 0.5) is 13.2 Å². The van der Waals surface area contributed by atoms with Crippen LogP contribution in [0, 0.1) is 0 Å². The maximum absolute atomic E-state index is 13.1. The summed E-state index contributed by atoms with van der Waals surface area (Å²) < 4.78 is 50.1. The Balaban J connectivity index is 2.12. The molecule has 1 N–H and O–H groups in total. The second-order valence-corrected chi connectivity index (χ2v) is 5.00. The van der Waals surface area contributed by atoms with Crippen molar-refractivity contribution in [3.05, 3.63) is 29.3 Å². The number of nitrogens with one attached hydrogen (secondary N) is 1. The molecule has 2 heterocycles. The Kier molecular flexibility index (Phi) is 2.76. The van der Waals surface area contributed by atoms with Crippen LogP contribution in [0.3, 0.4) is 0 Å². The van der Waals surface area contributed by atoms with Crippen LogP contribution in [0.15, 0.2) is 18.2 Å². The average Bonchev–Trinajstić information content (AvgIpc) is 2.98. The molecule has 1 aromatic rings. The van der Waals surface area contributed by atoms with E-state index in [0.29, 0.717) is 25.3 Å². The summed E-state index contributed by atoms with van der Waals surface area (Å²) in [6.45, 7) is 0.864. The number of ether oxygens (including phenoxy) is 2. The third kappa shape index (κ3) is 1.99. The predicted molar refractivity (Wildman–Crippen MR) is 62.0 cm³/mol. The van der Waals surface area contributed by atoms with Gasteiger partial charge in [0.25, 0.3) is 0 Å². The highest BCUT2D eigenvalue weighted by molar-refractivity contribution is 5.42. The molecular formula is C13H14F3NO2. The van der Waals surface area contributed by atoms with Crippen molar-refractivity contribution >= 4 is 0 Å². The number of hydrogen-bond donors (Lipinski definition) is 1. The standard InChI is InChI=1S/C13H14F3NO2/c1-18-9-2-3-10(13(14,15)16)11(4-9)12-5-8(6-19-12)17-7-12/h2-4,8,17H,5-7H2,1H3. The molecule has 104 valence electrons. The number of halogens is 3. The fourth-order valence-electron chi connectivity index (χ4n) is 2.90. The molecule has 2 saturated heterocycles. The Labute approximate surface area is 108 Å². The van der Waals surface area contributed by atoms with Gasteiger partial charge in [-0.3, -0.25) is 0 Å². The van der Waals surface area contributed by atoms with Gasteiger partial charge in [-0.1, -0.05) is 0 Å². The van der Waals surface area contributed by atoms with E-state index in [9.17, 15) is 13.2 Å². The highest BCUT2D eigenvalue weighted by Crippen LogP contribution is 2.46. The van der Waals surface area contributed by atoms with E-state index < -0.39 is 17.3 Å². The Hall–Kier alpha value is -1.27. The summed E-state index contributed by atoms with van der Waals surface area (Å²) in [5.74, 6) is 0.413. The summed E-state index contributed by atoms with van der Waals surface area (Å²) in [7, 11) is 1.44. The number of benzene rings is 1. The zero-order valence-corrected chi connectivity index (χ0v) is 10.4. The summed E-state index contributed by atoms with van der Waals surface area (Å²) in [6.07, 6.45) is -3.82. The van der Waals surface area contributed by atoms with Gasteiger partial charge in [0, 0.05) is 18.2 Å². The average molecular weight is 273 g/mol. The molecule has 6 heteroatoms. The van der Waals surface area contributed by atoms with Gasteiger partial charge in [0.2, 0.25) is 0 Å². The fourth-order valence-corrected chi connectivity index (χ4v) is 2.90. The maximum Gasteiger partial charge on any atom is 0.416 e. The molecule has 2 atom stereocenters. The van der Waals surface area contributed by atoms with Crippen molar-refractivity contribution < 1.29 is 22.6 Å². The Bertz CT molecular complexity index is 493. The SMILES string of the molecule is COc1ccc(C(F)(F)F)c(C23CNC(CO2)C3)c1. The molecule has 0 radical (unpaired) electrons. The van der Waals surface area contributed by atoms with Gasteiger partial charge in [-0.25, -0.2) is 0 Å².